The SMILES string of the molecule is [O-][NH+]1CCN(c2ncccc2F)CC1. The zero-order chi connectivity index (χ0) is 9.97. The summed E-state index contributed by atoms with van der Waals surface area (Å²) < 4.78 is 13.3. The Morgan fingerprint density at radius 3 is 2.79 bits per heavy atom. The Morgan fingerprint density at radius 1 is 1.43 bits per heavy atom. The Morgan fingerprint density at radius 2 is 2.14 bits per heavy atom. The first-order chi connectivity index (χ1) is 6.77. The number of halogens is 1. The molecule has 1 saturated heterocycles. The van der Waals surface area contributed by atoms with E-state index in [0.717, 1.165) is 0 Å². The third kappa shape index (κ3) is 1.83. The van der Waals surface area contributed by atoms with Crippen molar-refractivity contribution in [1.82, 2.24) is 4.98 Å². The van der Waals surface area contributed by atoms with Crippen LogP contribution >= 0.6 is 0 Å². The fourth-order valence-electron chi connectivity index (χ4n) is 1.58. The van der Waals surface area contributed by atoms with Gasteiger partial charge in [0.15, 0.2) is 11.6 Å². The molecule has 2 heterocycles. The maximum atomic E-state index is 13.3. The maximum absolute atomic E-state index is 13.3. The van der Waals surface area contributed by atoms with Gasteiger partial charge in [0.25, 0.3) is 0 Å². The first-order valence-corrected chi connectivity index (χ1v) is 4.64. The van der Waals surface area contributed by atoms with Crippen LogP contribution in [0.3, 0.4) is 0 Å². The minimum absolute atomic E-state index is 0.248. The van der Waals surface area contributed by atoms with Crippen molar-refractivity contribution in [2.75, 3.05) is 31.1 Å². The van der Waals surface area contributed by atoms with Crippen LogP contribution in [0, 0.1) is 11.0 Å². The Labute approximate surface area is 81.5 Å². The first kappa shape index (κ1) is 9.36. The van der Waals surface area contributed by atoms with Gasteiger partial charge in [-0.15, -0.1) is 0 Å². The summed E-state index contributed by atoms with van der Waals surface area (Å²) in [6.07, 6.45) is 1.56. The van der Waals surface area contributed by atoms with Gasteiger partial charge >= 0.3 is 0 Å². The van der Waals surface area contributed by atoms with E-state index in [1.807, 2.05) is 4.90 Å². The minimum Gasteiger partial charge on any atom is -0.634 e. The summed E-state index contributed by atoms with van der Waals surface area (Å²) in [6.45, 7) is 2.14. The number of hydroxylamine groups is 2. The van der Waals surface area contributed by atoms with Crippen molar-refractivity contribution < 1.29 is 9.45 Å². The second-order valence-corrected chi connectivity index (χ2v) is 3.33. The van der Waals surface area contributed by atoms with E-state index in [9.17, 15) is 9.60 Å². The normalized spacial score (nSPS) is 18.6. The molecule has 5 heteroatoms. The average Bonchev–Trinajstić information content (AvgIpc) is 2.20. The molecule has 0 aliphatic carbocycles. The summed E-state index contributed by atoms with van der Waals surface area (Å²) in [4.78, 5) is 5.78. The second kappa shape index (κ2) is 3.89. The molecule has 0 spiro atoms. The highest BCUT2D eigenvalue weighted by Crippen LogP contribution is 2.14. The molecule has 4 nitrogen and oxygen atoms in total. The second-order valence-electron chi connectivity index (χ2n) is 3.33. The highest BCUT2D eigenvalue weighted by molar-refractivity contribution is 5.39. The van der Waals surface area contributed by atoms with Gasteiger partial charge in [-0.25, -0.2) is 9.37 Å². The number of rotatable bonds is 1. The largest absolute Gasteiger partial charge is 0.634 e. The molecule has 1 aromatic heterocycles. The summed E-state index contributed by atoms with van der Waals surface area (Å²) in [5, 5.41) is 11.2. The number of aromatic nitrogens is 1. The van der Waals surface area contributed by atoms with Crippen molar-refractivity contribution in [3.05, 3.63) is 29.4 Å². The number of nitrogens with one attached hydrogen (secondary N) is 1. The molecule has 1 aliphatic rings. The molecule has 1 fully saturated rings. The molecular formula is C9H12FN3O. The number of quaternary nitrogens is 1. The maximum Gasteiger partial charge on any atom is 0.165 e. The van der Waals surface area contributed by atoms with Gasteiger partial charge in [-0.05, 0) is 12.1 Å². The van der Waals surface area contributed by atoms with Crippen LogP contribution in [0.5, 0.6) is 0 Å². The topological polar surface area (TPSA) is 43.6 Å². The summed E-state index contributed by atoms with van der Waals surface area (Å²) >= 11 is 0. The van der Waals surface area contributed by atoms with E-state index in [0.29, 0.717) is 32.0 Å². The molecular weight excluding hydrogens is 185 g/mol. The number of hydrogen-bond acceptors (Lipinski definition) is 3. The molecule has 0 unspecified atom stereocenters. The van der Waals surface area contributed by atoms with Crippen LogP contribution < -0.4 is 9.96 Å². The van der Waals surface area contributed by atoms with E-state index >= 15 is 0 Å². The average molecular weight is 197 g/mol. The number of piperazine rings is 1. The Bertz CT molecular complexity index is 313. The van der Waals surface area contributed by atoms with Crippen LogP contribution in [0.1, 0.15) is 0 Å². The van der Waals surface area contributed by atoms with Crippen molar-refractivity contribution in [2.45, 2.75) is 0 Å². The number of anilines is 1. The molecule has 0 saturated carbocycles. The van der Waals surface area contributed by atoms with E-state index < -0.39 is 0 Å². The predicted molar refractivity (Wildman–Crippen MR) is 50.5 cm³/mol. The molecule has 0 radical (unpaired) electrons. The van der Waals surface area contributed by atoms with Gasteiger partial charge in [0.1, 0.15) is 0 Å². The van der Waals surface area contributed by atoms with Crippen LogP contribution in [-0.4, -0.2) is 31.2 Å². The smallest absolute Gasteiger partial charge is 0.165 e. The first-order valence-electron chi connectivity index (χ1n) is 4.64. The lowest BCUT2D eigenvalue weighted by Crippen LogP contribution is -3.10. The summed E-state index contributed by atoms with van der Waals surface area (Å²) in [6, 6.07) is 2.95. The van der Waals surface area contributed by atoms with Gasteiger partial charge in [0.05, 0.1) is 26.2 Å². The van der Waals surface area contributed by atoms with Crippen molar-refractivity contribution in [2.24, 2.45) is 0 Å². The minimum atomic E-state index is -0.318. The molecule has 76 valence electrons. The lowest BCUT2D eigenvalue weighted by atomic mass is 10.3. The van der Waals surface area contributed by atoms with Gasteiger partial charge in [0, 0.05) is 6.20 Å². The summed E-state index contributed by atoms with van der Waals surface area (Å²) in [5.74, 6) is 0.0434. The molecule has 0 aromatic carbocycles. The van der Waals surface area contributed by atoms with Crippen LogP contribution in [0.15, 0.2) is 18.3 Å². The molecule has 0 amide bonds. The Hall–Kier alpha value is -1.20. The van der Waals surface area contributed by atoms with Crippen LogP contribution in [0.2, 0.25) is 0 Å². The van der Waals surface area contributed by atoms with E-state index in [4.69, 9.17) is 0 Å². The Balaban J connectivity index is 2.12. The van der Waals surface area contributed by atoms with Crippen molar-refractivity contribution >= 4 is 5.82 Å². The third-order valence-corrected chi connectivity index (χ3v) is 2.36. The predicted octanol–water partition coefficient (Wildman–Crippen LogP) is -0.577. The molecule has 14 heavy (non-hydrogen) atoms. The number of pyridine rings is 1. The van der Waals surface area contributed by atoms with Gasteiger partial charge < -0.3 is 15.2 Å². The summed E-state index contributed by atoms with van der Waals surface area (Å²) in [7, 11) is 0. The van der Waals surface area contributed by atoms with Gasteiger partial charge in [-0.1, -0.05) is 0 Å². The van der Waals surface area contributed by atoms with E-state index in [2.05, 4.69) is 4.98 Å². The number of hydrogen-bond donors (Lipinski definition) is 1. The van der Waals surface area contributed by atoms with Crippen LogP contribution in [0.4, 0.5) is 10.2 Å². The quantitative estimate of drug-likeness (QED) is 0.613. The highest BCUT2D eigenvalue weighted by Gasteiger charge is 2.18. The van der Waals surface area contributed by atoms with Gasteiger partial charge in [-0.3, -0.25) is 0 Å². The van der Waals surface area contributed by atoms with Crippen molar-refractivity contribution in [1.29, 1.82) is 0 Å². The Kier molecular flexibility index (Phi) is 2.60. The zero-order valence-corrected chi connectivity index (χ0v) is 7.74. The lowest BCUT2D eigenvalue weighted by Gasteiger charge is -2.34. The van der Waals surface area contributed by atoms with Gasteiger partial charge in [0.2, 0.25) is 0 Å². The van der Waals surface area contributed by atoms with E-state index in [-0.39, 0.29) is 10.9 Å². The van der Waals surface area contributed by atoms with Crippen molar-refractivity contribution in [3.63, 3.8) is 0 Å². The molecule has 0 atom stereocenters. The fraction of sp³-hybridized carbons (Fsp3) is 0.444. The lowest BCUT2D eigenvalue weighted by molar-refractivity contribution is -0.848. The molecule has 1 aliphatic heterocycles. The fourth-order valence-corrected chi connectivity index (χ4v) is 1.58. The van der Waals surface area contributed by atoms with Crippen molar-refractivity contribution in [3.8, 4) is 0 Å². The van der Waals surface area contributed by atoms with Crippen LogP contribution in [-0.2, 0) is 0 Å². The van der Waals surface area contributed by atoms with Gasteiger partial charge in [-0.2, -0.15) is 0 Å². The van der Waals surface area contributed by atoms with Crippen LogP contribution in [0.25, 0.3) is 0 Å². The van der Waals surface area contributed by atoms with E-state index in [1.54, 1.807) is 12.3 Å². The standard InChI is InChI=1S/C9H12FN3O/c10-8-2-1-3-11-9(8)12-4-6-13(14)7-5-12/h1-3,13H,4-7H2. The monoisotopic (exact) mass is 197 g/mol. The highest BCUT2D eigenvalue weighted by atomic mass is 19.1. The van der Waals surface area contributed by atoms with E-state index in [1.165, 1.54) is 6.07 Å². The zero-order valence-electron chi connectivity index (χ0n) is 7.74. The summed E-state index contributed by atoms with van der Waals surface area (Å²) in [5.41, 5.74) is 0. The molecule has 0 bridgehead atoms. The molecule has 1 aromatic rings. The number of nitrogens with zero attached hydrogens (tertiary/aromatic N) is 2. The third-order valence-electron chi connectivity index (χ3n) is 2.36. The molecule has 2 rings (SSSR count). The molecule has 1 N–H and O–H groups in total.